The average Bonchev–Trinajstić information content (AvgIpc) is 3.19. The number of aryl methyl sites for hydroxylation is 1. The van der Waals surface area contributed by atoms with Gasteiger partial charge < -0.3 is 9.88 Å². The summed E-state index contributed by atoms with van der Waals surface area (Å²) in [6.45, 7) is 8.56. The Bertz CT molecular complexity index is 682. The van der Waals surface area contributed by atoms with Gasteiger partial charge in [-0.3, -0.25) is 4.79 Å². The van der Waals surface area contributed by atoms with Crippen LogP contribution in [0.15, 0.2) is 24.1 Å². The highest BCUT2D eigenvalue weighted by Crippen LogP contribution is 2.40. The lowest BCUT2D eigenvalue weighted by molar-refractivity contribution is 0.0951. The summed E-state index contributed by atoms with van der Waals surface area (Å²) < 4.78 is 2.03. The lowest BCUT2D eigenvalue weighted by Gasteiger charge is -2.34. The molecule has 24 heavy (non-hydrogen) atoms. The third kappa shape index (κ3) is 3.89. The van der Waals surface area contributed by atoms with Crippen LogP contribution in [-0.2, 0) is 19.4 Å². The normalized spacial score (nSPS) is 17.5. The van der Waals surface area contributed by atoms with Crippen LogP contribution in [0.25, 0.3) is 0 Å². The third-order valence-electron chi connectivity index (χ3n) is 5.06. The summed E-state index contributed by atoms with van der Waals surface area (Å²) in [5, 5.41) is 5.13. The maximum Gasteiger partial charge on any atom is 0.252 e. The molecule has 2 heterocycles. The van der Waals surface area contributed by atoms with Gasteiger partial charge in [-0.1, -0.05) is 20.8 Å². The largest absolute Gasteiger partial charge is 0.352 e. The number of hydrogen-bond donors (Lipinski definition) is 1. The number of nitrogens with zero attached hydrogens (tertiary/aromatic N) is 2. The van der Waals surface area contributed by atoms with Gasteiger partial charge in [0.1, 0.15) is 0 Å². The van der Waals surface area contributed by atoms with Gasteiger partial charge in [0.05, 0.1) is 11.9 Å². The maximum absolute atomic E-state index is 12.5. The Hall–Kier alpha value is -1.62. The molecule has 5 heteroatoms. The molecule has 1 aliphatic carbocycles. The lowest BCUT2D eigenvalue weighted by atomic mass is 9.72. The van der Waals surface area contributed by atoms with Crippen molar-refractivity contribution in [3.05, 3.63) is 40.1 Å². The van der Waals surface area contributed by atoms with Gasteiger partial charge in [0.25, 0.3) is 5.91 Å². The molecule has 0 bridgehead atoms. The highest BCUT2D eigenvalue weighted by Gasteiger charge is 2.31. The van der Waals surface area contributed by atoms with Crippen LogP contribution in [0.1, 0.15) is 54.4 Å². The Kier molecular flexibility index (Phi) is 5.09. The summed E-state index contributed by atoms with van der Waals surface area (Å²) in [6.07, 6.45) is 9.80. The van der Waals surface area contributed by atoms with E-state index in [4.69, 9.17) is 0 Å². The average molecular weight is 346 g/mol. The van der Waals surface area contributed by atoms with Crippen molar-refractivity contribution in [3.63, 3.8) is 0 Å². The van der Waals surface area contributed by atoms with Crippen LogP contribution in [0.3, 0.4) is 0 Å². The molecule has 2 aromatic rings. The summed E-state index contributed by atoms with van der Waals surface area (Å²) >= 11 is 1.76. The molecule has 0 radical (unpaired) electrons. The Morgan fingerprint density at radius 1 is 1.46 bits per heavy atom. The van der Waals surface area contributed by atoms with Gasteiger partial charge in [0, 0.05) is 35.7 Å². The number of aromatic nitrogens is 2. The summed E-state index contributed by atoms with van der Waals surface area (Å²) in [6, 6.07) is 0. The van der Waals surface area contributed by atoms with Crippen LogP contribution in [0, 0.1) is 11.3 Å². The van der Waals surface area contributed by atoms with E-state index in [0.29, 0.717) is 12.0 Å². The fourth-order valence-corrected chi connectivity index (χ4v) is 4.58. The summed E-state index contributed by atoms with van der Waals surface area (Å²) in [5.41, 5.74) is 2.55. The van der Waals surface area contributed by atoms with Crippen molar-refractivity contribution < 1.29 is 4.79 Å². The molecule has 130 valence electrons. The second-order valence-corrected chi connectivity index (χ2v) is 8.73. The van der Waals surface area contributed by atoms with E-state index in [1.165, 1.54) is 16.9 Å². The second-order valence-electron chi connectivity index (χ2n) is 7.77. The lowest BCUT2D eigenvalue weighted by Crippen LogP contribution is -2.29. The molecule has 1 aliphatic rings. The van der Waals surface area contributed by atoms with Crippen molar-refractivity contribution in [1.82, 2.24) is 14.9 Å². The summed E-state index contributed by atoms with van der Waals surface area (Å²) in [4.78, 5) is 17.9. The molecule has 1 unspecified atom stereocenters. The predicted molar refractivity (Wildman–Crippen MR) is 98.5 cm³/mol. The van der Waals surface area contributed by atoms with Crippen molar-refractivity contribution in [1.29, 1.82) is 0 Å². The van der Waals surface area contributed by atoms with Crippen LogP contribution in [0.5, 0.6) is 0 Å². The Morgan fingerprint density at radius 3 is 3.00 bits per heavy atom. The predicted octanol–water partition coefficient (Wildman–Crippen LogP) is 3.92. The standard InChI is InChI=1S/C19H27N3OS/c1-19(2,3)14-5-6-15-16(12-24-17(15)11-14)18(23)21-7-4-9-22-10-8-20-13-22/h8,10,12-14H,4-7,9,11H2,1-3H3,(H,21,23). The van der Waals surface area contributed by atoms with E-state index >= 15 is 0 Å². The van der Waals surface area contributed by atoms with Gasteiger partial charge in [-0.2, -0.15) is 0 Å². The van der Waals surface area contributed by atoms with Gasteiger partial charge in [0.2, 0.25) is 0 Å². The quantitative estimate of drug-likeness (QED) is 0.835. The smallest absolute Gasteiger partial charge is 0.252 e. The second kappa shape index (κ2) is 7.09. The van der Waals surface area contributed by atoms with Crippen molar-refractivity contribution in [2.24, 2.45) is 11.3 Å². The van der Waals surface area contributed by atoms with E-state index in [1.54, 1.807) is 17.5 Å². The molecular weight excluding hydrogens is 318 g/mol. The van der Waals surface area contributed by atoms with Gasteiger partial charge in [-0.05, 0) is 42.6 Å². The molecule has 1 amide bonds. The number of thiophene rings is 1. The molecule has 4 nitrogen and oxygen atoms in total. The number of amides is 1. The van der Waals surface area contributed by atoms with Gasteiger partial charge >= 0.3 is 0 Å². The molecule has 0 aromatic carbocycles. The molecule has 1 atom stereocenters. The highest BCUT2D eigenvalue weighted by atomic mass is 32.1. The first kappa shape index (κ1) is 17.2. The third-order valence-corrected chi connectivity index (χ3v) is 6.11. The van der Waals surface area contributed by atoms with Crippen molar-refractivity contribution in [3.8, 4) is 0 Å². The van der Waals surface area contributed by atoms with Crippen LogP contribution in [0.4, 0.5) is 0 Å². The first-order valence-corrected chi connectivity index (χ1v) is 9.66. The minimum atomic E-state index is 0.0901. The zero-order valence-electron chi connectivity index (χ0n) is 14.8. The van der Waals surface area contributed by atoms with E-state index in [2.05, 4.69) is 36.5 Å². The number of carbonyl (C=O) groups is 1. The van der Waals surface area contributed by atoms with Crippen LogP contribution < -0.4 is 5.32 Å². The molecule has 3 rings (SSSR count). The first-order valence-electron chi connectivity index (χ1n) is 8.78. The molecular formula is C19H27N3OS. The van der Waals surface area contributed by atoms with Crippen LogP contribution >= 0.6 is 11.3 Å². The van der Waals surface area contributed by atoms with Gasteiger partial charge in [-0.15, -0.1) is 11.3 Å². The molecule has 0 saturated heterocycles. The summed E-state index contributed by atoms with van der Waals surface area (Å²) in [5.74, 6) is 0.807. The monoisotopic (exact) mass is 345 g/mol. The van der Waals surface area contributed by atoms with E-state index in [0.717, 1.165) is 37.3 Å². The topological polar surface area (TPSA) is 46.9 Å². The van der Waals surface area contributed by atoms with Crippen LogP contribution in [0.2, 0.25) is 0 Å². The number of rotatable bonds is 5. The number of imidazole rings is 1. The number of fused-ring (bicyclic) bond motifs is 1. The molecule has 1 N–H and O–H groups in total. The van der Waals surface area contributed by atoms with E-state index in [-0.39, 0.29) is 5.91 Å². The minimum absolute atomic E-state index is 0.0901. The number of nitrogens with one attached hydrogen (secondary N) is 1. The first-order chi connectivity index (χ1) is 11.4. The fraction of sp³-hybridized carbons (Fsp3) is 0.579. The Balaban J connectivity index is 1.54. The molecule has 0 fully saturated rings. The van der Waals surface area contributed by atoms with E-state index in [9.17, 15) is 4.79 Å². The maximum atomic E-state index is 12.5. The zero-order valence-corrected chi connectivity index (χ0v) is 15.7. The molecule has 0 spiro atoms. The van der Waals surface area contributed by atoms with E-state index in [1.807, 2.05) is 17.1 Å². The minimum Gasteiger partial charge on any atom is -0.352 e. The molecule has 2 aromatic heterocycles. The summed E-state index contributed by atoms with van der Waals surface area (Å²) in [7, 11) is 0. The Morgan fingerprint density at radius 2 is 2.29 bits per heavy atom. The van der Waals surface area contributed by atoms with Crippen molar-refractivity contribution in [2.75, 3.05) is 6.54 Å². The van der Waals surface area contributed by atoms with Gasteiger partial charge in [-0.25, -0.2) is 4.98 Å². The number of carbonyl (C=O) groups excluding carboxylic acids is 1. The zero-order chi connectivity index (χ0) is 17.2. The van der Waals surface area contributed by atoms with Crippen molar-refractivity contribution >= 4 is 17.2 Å². The molecule has 0 saturated carbocycles. The number of hydrogen-bond acceptors (Lipinski definition) is 3. The van der Waals surface area contributed by atoms with Crippen LogP contribution in [-0.4, -0.2) is 22.0 Å². The fourth-order valence-electron chi connectivity index (χ4n) is 3.42. The van der Waals surface area contributed by atoms with Gasteiger partial charge in [0.15, 0.2) is 0 Å². The van der Waals surface area contributed by atoms with E-state index < -0.39 is 0 Å². The highest BCUT2D eigenvalue weighted by molar-refractivity contribution is 7.10. The Labute approximate surface area is 148 Å². The molecule has 0 aliphatic heterocycles. The SMILES string of the molecule is CC(C)(C)C1CCc2c(C(=O)NCCCn3ccnc3)csc2C1. The van der Waals surface area contributed by atoms with Crippen molar-refractivity contribution in [2.45, 2.75) is 53.0 Å².